The molecule has 0 radical (unpaired) electrons. The molecule has 7 heteroatoms. The van der Waals surface area contributed by atoms with Crippen LogP contribution in [0.4, 0.5) is 10.1 Å². The van der Waals surface area contributed by atoms with Gasteiger partial charge in [0.25, 0.3) is 5.69 Å². The number of hydrogen-bond acceptors (Lipinski definition) is 4. The summed E-state index contributed by atoms with van der Waals surface area (Å²) >= 11 is 0. The molecule has 0 saturated carbocycles. The van der Waals surface area contributed by atoms with E-state index < -0.39 is 28.0 Å². The normalized spacial score (nSPS) is 10.4. The van der Waals surface area contributed by atoms with E-state index in [2.05, 4.69) is 0 Å². The molecule has 6 nitrogen and oxygen atoms in total. The minimum Gasteiger partial charge on any atom is -0.478 e. The van der Waals surface area contributed by atoms with Crippen LogP contribution in [0.1, 0.15) is 15.9 Å². The van der Waals surface area contributed by atoms with Gasteiger partial charge < -0.3 is 5.11 Å². The summed E-state index contributed by atoms with van der Waals surface area (Å²) in [6, 6.07) is 1.49. The van der Waals surface area contributed by atoms with Crippen molar-refractivity contribution in [3.05, 3.63) is 45.3 Å². The average Bonchev–Trinajstić information content (AvgIpc) is 2.25. The fourth-order valence-electron chi connectivity index (χ4n) is 1.14. The SMILES string of the molecule is O=Cc1cc([N+](=O)[O-])c(/C=C/C(=O)O)cc1F. The van der Waals surface area contributed by atoms with Gasteiger partial charge in [-0.1, -0.05) is 0 Å². The molecular formula is C10H6FNO5. The lowest BCUT2D eigenvalue weighted by Crippen LogP contribution is -1.97. The van der Waals surface area contributed by atoms with E-state index in [1.165, 1.54) is 0 Å². The zero-order valence-electron chi connectivity index (χ0n) is 8.29. The highest BCUT2D eigenvalue weighted by Crippen LogP contribution is 2.23. The summed E-state index contributed by atoms with van der Waals surface area (Å²) in [5, 5.41) is 19.0. The van der Waals surface area contributed by atoms with E-state index in [0.717, 1.165) is 18.2 Å². The third-order valence-corrected chi connectivity index (χ3v) is 1.88. The van der Waals surface area contributed by atoms with Gasteiger partial charge in [-0.2, -0.15) is 0 Å². The number of nitro benzene ring substituents is 1. The Morgan fingerprint density at radius 3 is 2.53 bits per heavy atom. The first-order valence-corrected chi connectivity index (χ1v) is 4.30. The molecule has 0 heterocycles. The summed E-state index contributed by atoms with van der Waals surface area (Å²) in [6.45, 7) is 0. The Morgan fingerprint density at radius 1 is 1.41 bits per heavy atom. The van der Waals surface area contributed by atoms with Crippen molar-refractivity contribution < 1.29 is 24.0 Å². The third-order valence-electron chi connectivity index (χ3n) is 1.88. The minimum absolute atomic E-state index is 0.146. The maximum absolute atomic E-state index is 13.2. The molecule has 0 aliphatic heterocycles. The number of carbonyl (C=O) groups is 2. The fraction of sp³-hybridized carbons (Fsp3) is 0. The monoisotopic (exact) mass is 239 g/mol. The molecular weight excluding hydrogens is 233 g/mol. The molecule has 1 N–H and O–H groups in total. The highest BCUT2D eigenvalue weighted by Gasteiger charge is 2.16. The Labute approximate surface area is 94.1 Å². The van der Waals surface area contributed by atoms with E-state index in [1.54, 1.807) is 0 Å². The van der Waals surface area contributed by atoms with Crippen molar-refractivity contribution in [2.75, 3.05) is 0 Å². The van der Waals surface area contributed by atoms with E-state index in [0.29, 0.717) is 6.08 Å². The molecule has 0 amide bonds. The van der Waals surface area contributed by atoms with E-state index in [4.69, 9.17) is 5.11 Å². The van der Waals surface area contributed by atoms with Crippen molar-refractivity contribution in [1.82, 2.24) is 0 Å². The van der Waals surface area contributed by atoms with Gasteiger partial charge in [-0.3, -0.25) is 14.9 Å². The number of nitrogens with zero attached hydrogens (tertiary/aromatic N) is 1. The molecule has 0 unspecified atom stereocenters. The van der Waals surface area contributed by atoms with Crippen LogP contribution in [0.2, 0.25) is 0 Å². The molecule has 0 bridgehead atoms. The molecule has 0 saturated heterocycles. The summed E-state index contributed by atoms with van der Waals surface area (Å²) in [4.78, 5) is 30.5. The van der Waals surface area contributed by atoms with Gasteiger partial charge in [0.15, 0.2) is 6.29 Å². The lowest BCUT2D eigenvalue weighted by molar-refractivity contribution is -0.385. The Kier molecular flexibility index (Phi) is 3.66. The Bertz CT molecular complexity index is 524. The molecule has 0 aliphatic rings. The van der Waals surface area contributed by atoms with Crippen molar-refractivity contribution in [2.24, 2.45) is 0 Å². The number of halogens is 1. The number of carboxylic acid groups (broad SMARTS) is 1. The molecule has 0 fully saturated rings. The van der Waals surface area contributed by atoms with Crippen LogP contribution in [-0.2, 0) is 4.79 Å². The topological polar surface area (TPSA) is 97.5 Å². The summed E-state index contributed by atoms with van der Waals surface area (Å²) in [5.74, 6) is -2.27. The smallest absolute Gasteiger partial charge is 0.328 e. The zero-order valence-corrected chi connectivity index (χ0v) is 8.29. The lowest BCUT2D eigenvalue weighted by atomic mass is 10.1. The quantitative estimate of drug-likeness (QED) is 0.373. The molecule has 1 aromatic carbocycles. The van der Waals surface area contributed by atoms with E-state index in [1.807, 2.05) is 0 Å². The molecule has 17 heavy (non-hydrogen) atoms. The second-order valence-electron chi connectivity index (χ2n) is 2.98. The lowest BCUT2D eigenvalue weighted by Gasteiger charge is -2.00. The molecule has 1 aromatic rings. The number of rotatable bonds is 4. The Balaban J connectivity index is 3.37. The summed E-state index contributed by atoms with van der Waals surface area (Å²) in [7, 11) is 0. The van der Waals surface area contributed by atoms with Crippen molar-refractivity contribution in [3.8, 4) is 0 Å². The number of carboxylic acids is 1. The summed E-state index contributed by atoms with van der Waals surface area (Å²) in [5.41, 5.74) is -1.21. The van der Waals surface area contributed by atoms with Crippen LogP contribution in [0.25, 0.3) is 6.08 Å². The third kappa shape index (κ3) is 2.94. The number of hydrogen-bond donors (Lipinski definition) is 1. The average molecular weight is 239 g/mol. The van der Waals surface area contributed by atoms with Crippen LogP contribution in [-0.4, -0.2) is 22.3 Å². The molecule has 0 spiro atoms. The molecule has 0 atom stereocenters. The predicted molar refractivity (Wildman–Crippen MR) is 55.1 cm³/mol. The maximum atomic E-state index is 13.2. The van der Waals surface area contributed by atoms with Crippen LogP contribution < -0.4 is 0 Å². The second kappa shape index (κ2) is 4.97. The van der Waals surface area contributed by atoms with Crippen molar-refractivity contribution in [1.29, 1.82) is 0 Å². The van der Waals surface area contributed by atoms with Gasteiger partial charge in [0.2, 0.25) is 0 Å². The first kappa shape index (κ1) is 12.5. The van der Waals surface area contributed by atoms with Crippen molar-refractivity contribution in [3.63, 3.8) is 0 Å². The maximum Gasteiger partial charge on any atom is 0.328 e. The molecule has 0 aromatic heterocycles. The van der Waals surface area contributed by atoms with E-state index in [9.17, 15) is 24.1 Å². The van der Waals surface area contributed by atoms with Gasteiger partial charge in [0.1, 0.15) is 5.82 Å². The van der Waals surface area contributed by atoms with Gasteiger partial charge in [0.05, 0.1) is 16.1 Å². The van der Waals surface area contributed by atoms with Crippen LogP contribution in [0, 0.1) is 15.9 Å². The number of nitro groups is 1. The standard InChI is InChI=1S/C10H6FNO5/c11-8-3-6(1-2-10(14)15)9(12(16)17)4-7(8)5-13/h1-5H,(H,14,15)/b2-1+. The first-order chi connectivity index (χ1) is 7.95. The van der Waals surface area contributed by atoms with Crippen LogP contribution in [0.3, 0.4) is 0 Å². The van der Waals surface area contributed by atoms with Gasteiger partial charge in [-0.05, 0) is 12.1 Å². The number of aliphatic carboxylic acids is 1. The highest BCUT2D eigenvalue weighted by atomic mass is 19.1. The van der Waals surface area contributed by atoms with E-state index in [-0.39, 0.29) is 11.8 Å². The van der Waals surface area contributed by atoms with Gasteiger partial charge in [-0.15, -0.1) is 0 Å². The van der Waals surface area contributed by atoms with Gasteiger partial charge >= 0.3 is 5.97 Å². The van der Waals surface area contributed by atoms with Crippen molar-refractivity contribution in [2.45, 2.75) is 0 Å². The molecule has 0 aliphatic carbocycles. The number of carbonyl (C=O) groups excluding carboxylic acids is 1. The minimum atomic E-state index is -1.32. The largest absolute Gasteiger partial charge is 0.478 e. The number of aldehydes is 1. The van der Waals surface area contributed by atoms with Gasteiger partial charge in [0, 0.05) is 12.1 Å². The Hall–Kier alpha value is -2.57. The second-order valence-corrected chi connectivity index (χ2v) is 2.98. The summed E-state index contributed by atoms with van der Waals surface area (Å²) < 4.78 is 13.2. The summed E-state index contributed by atoms with van der Waals surface area (Å²) in [6.07, 6.45) is 1.67. The Morgan fingerprint density at radius 2 is 2.06 bits per heavy atom. The predicted octanol–water partition coefficient (Wildman–Crippen LogP) is 1.64. The highest BCUT2D eigenvalue weighted by molar-refractivity contribution is 5.87. The van der Waals surface area contributed by atoms with E-state index >= 15 is 0 Å². The van der Waals surface area contributed by atoms with Crippen LogP contribution in [0.15, 0.2) is 18.2 Å². The zero-order chi connectivity index (χ0) is 13.0. The van der Waals surface area contributed by atoms with Crippen LogP contribution in [0.5, 0.6) is 0 Å². The molecule has 88 valence electrons. The van der Waals surface area contributed by atoms with Crippen molar-refractivity contribution >= 4 is 24.0 Å². The number of benzene rings is 1. The first-order valence-electron chi connectivity index (χ1n) is 4.30. The molecule has 1 rings (SSSR count). The van der Waals surface area contributed by atoms with Crippen LogP contribution >= 0.6 is 0 Å². The van der Waals surface area contributed by atoms with Gasteiger partial charge in [-0.25, -0.2) is 9.18 Å². The fourth-order valence-corrected chi connectivity index (χ4v) is 1.14.